The predicted molar refractivity (Wildman–Crippen MR) is 68.0 cm³/mol. The molecule has 0 N–H and O–H groups in total. The zero-order valence-electron chi connectivity index (χ0n) is 8.88. The SMILES string of the molecule is IC1CCCCCCC1OC1CCC1. The molecule has 0 radical (unpaired) electrons. The molecule has 2 aliphatic rings. The Bertz CT molecular complexity index is 168. The molecule has 82 valence electrons. The van der Waals surface area contributed by atoms with E-state index < -0.39 is 0 Å². The minimum atomic E-state index is 0.571. The number of rotatable bonds is 2. The minimum absolute atomic E-state index is 0.571. The van der Waals surface area contributed by atoms with Crippen molar-refractivity contribution in [1.29, 1.82) is 0 Å². The van der Waals surface area contributed by atoms with Crippen molar-refractivity contribution in [2.75, 3.05) is 0 Å². The average molecular weight is 308 g/mol. The van der Waals surface area contributed by atoms with E-state index in [0.717, 1.165) is 3.92 Å². The van der Waals surface area contributed by atoms with Crippen LogP contribution < -0.4 is 0 Å². The van der Waals surface area contributed by atoms with Crippen LogP contribution in [-0.4, -0.2) is 16.1 Å². The molecule has 2 atom stereocenters. The van der Waals surface area contributed by atoms with E-state index in [1.807, 2.05) is 0 Å². The molecule has 2 aliphatic carbocycles. The van der Waals surface area contributed by atoms with Gasteiger partial charge in [0.15, 0.2) is 0 Å². The normalized spacial score (nSPS) is 35.8. The summed E-state index contributed by atoms with van der Waals surface area (Å²) in [5, 5.41) is 0. The Balaban J connectivity index is 1.78. The second-order valence-electron chi connectivity index (χ2n) is 4.74. The van der Waals surface area contributed by atoms with E-state index in [0.29, 0.717) is 12.2 Å². The third-order valence-electron chi connectivity index (χ3n) is 3.54. The first kappa shape index (κ1) is 11.2. The van der Waals surface area contributed by atoms with Gasteiger partial charge in [-0.05, 0) is 32.1 Å². The van der Waals surface area contributed by atoms with Crippen molar-refractivity contribution in [1.82, 2.24) is 0 Å². The van der Waals surface area contributed by atoms with Crippen LogP contribution in [0.3, 0.4) is 0 Å². The Morgan fingerprint density at radius 3 is 2.14 bits per heavy atom. The van der Waals surface area contributed by atoms with Gasteiger partial charge < -0.3 is 4.74 Å². The van der Waals surface area contributed by atoms with Crippen LogP contribution in [-0.2, 0) is 4.74 Å². The molecule has 2 saturated carbocycles. The molecule has 0 aliphatic heterocycles. The fourth-order valence-electron chi connectivity index (χ4n) is 2.31. The molecule has 0 amide bonds. The van der Waals surface area contributed by atoms with Gasteiger partial charge in [0.2, 0.25) is 0 Å². The highest BCUT2D eigenvalue weighted by Gasteiger charge is 2.27. The molecule has 14 heavy (non-hydrogen) atoms. The molecule has 2 rings (SSSR count). The van der Waals surface area contributed by atoms with Gasteiger partial charge in [-0.1, -0.05) is 48.3 Å². The molecule has 0 heterocycles. The molecule has 2 unspecified atom stereocenters. The molecule has 0 aromatic carbocycles. The second kappa shape index (κ2) is 5.69. The number of halogens is 1. The number of hydrogen-bond acceptors (Lipinski definition) is 1. The molecular formula is C12H21IO. The summed E-state index contributed by atoms with van der Waals surface area (Å²) in [5.74, 6) is 0. The van der Waals surface area contributed by atoms with Gasteiger partial charge in [-0.2, -0.15) is 0 Å². The Morgan fingerprint density at radius 2 is 1.50 bits per heavy atom. The summed E-state index contributed by atoms with van der Waals surface area (Å²) in [6.45, 7) is 0. The van der Waals surface area contributed by atoms with Crippen LogP contribution in [0.25, 0.3) is 0 Å². The van der Waals surface area contributed by atoms with E-state index in [9.17, 15) is 0 Å². The molecule has 2 heteroatoms. The Labute approximate surface area is 101 Å². The van der Waals surface area contributed by atoms with Crippen LogP contribution in [0.2, 0.25) is 0 Å². The third kappa shape index (κ3) is 3.09. The summed E-state index contributed by atoms with van der Waals surface area (Å²) in [6.07, 6.45) is 13.6. The lowest BCUT2D eigenvalue weighted by atomic mass is 9.94. The van der Waals surface area contributed by atoms with Crippen LogP contribution in [0.15, 0.2) is 0 Å². The first-order chi connectivity index (χ1) is 6.86. The van der Waals surface area contributed by atoms with Gasteiger partial charge in [0, 0.05) is 3.92 Å². The molecule has 0 aromatic heterocycles. The zero-order valence-corrected chi connectivity index (χ0v) is 11.0. The van der Waals surface area contributed by atoms with Crippen molar-refractivity contribution in [2.24, 2.45) is 0 Å². The van der Waals surface area contributed by atoms with Crippen molar-refractivity contribution >= 4 is 22.6 Å². The van der Waals surface area contributed by atoms with Crippen LogP contribution in [0, 0.1) is 0 Å². The van der Waals surface area contributed by atoms with Gasteiger partial charge in [-0.3, -0.25) is 0 Å². The lowest BCUT2D eigenvalue weighted by molar-refractivity contribution is -0.0555. The summed E-state index contributed by atoms with van der Waals surface area (Å²) in [7, 11) is 0. The third-order valence-corrected chi connectivity index (χ3v) is 4.97. The molecule has 1 nitrogen and oxygen atoms in total. The van der Waals surface area contributed by atoms with Gasteiger partial charge in [-0.15, -0.1) is 0 Å². The Hall–Kier alpha value is 0.690. The quantitative estimate of drug-likeness (QED) is 0.552. The average Bonchev–Trinajstić information content (AvgIpc) is 2.08. The van der Waals surface area contributed by atoms with Gasteiger partial charge in [0.25, 0.3) is 0 Å². The minimum Gasteiger partial charge on any atom is -0.374 e. The maximum Gasteiger partial charge on any atom is 0.0696 e. The van der Waals surface area contributed by atoms with Gasteiger partial charge in [-0.25, -0.2) is 0 Å². The number of ether oxygens (including phenoxy) is 1. The monoisotopic (exact) mass is 308 g/mol. The first-order valence-corrected chi connectivity index (χ1v) is 7.40. The predicted octanol–water partition coefficient (Wildman–Crippen LogP) is 4.08. The highest BCUT2D eigenvalue weighted by molar-refractivity contribution is 14.1. The smallest absolute Gasteiger partial charge is 0.0696 e. The van der Waals surface area contributed by atoms with E-state index in [-0.39, 0.29) is 0 Å². The van der Waals surface area contributed by atoms with Crippen molar-refractivity contribution < 1.29 is 4.74 Å². The van der Waals surface area contributed by atoms with Crippen LogP contribution in [0.1, 0.15) is 57.8 Å². The molecule has 0 bridgehead atoms. The van der Waals surface area contributed by atoms with E-state index in [1.54, 1.807) is 0 Å². The largest absolute Gasteiger partial charge is 0.374 e. The number of hydrogen-bond donors (Lipinski definition) is 0. The molecular weight excluding hydrogens is 287 g/mol. The number of alkyl halides is 1. The van der Waals surface area contributed by atoms with Crippen molar-refractivity contribution in [3.63, 3.8) is 0 Å². The van der Waals surface area contributed by atoms with E-state index in [1.165, 1.54) is 57.8 Å². The Morgan fingerprint density at radius 1 is 0.786 bits per heavy atom. The fourth-order valence-corrected chi connectivity index (χ4v) is 3.28. The maximum atomic E-state index is 6.17. The van der Waals surface area contributed by atoms with Crippen molar-refractivity contribution in [3.05, 3.63) is 0 Å². The van der Waals surface area contributed by atoms with Gasteiger partial charge in [0.1, 0.15) is 0 Å². The van der Waals surface area contributed by atoms with Crippen molar-refractivity contribution in [3.8, 4) is 0 Å². The topological polar surface area (TPSA) is 9.23 Å². The van der Waals surface area contributed by atoms with E-state index in [4.69, 9.17) is 4.74 Å². The van der Waals surface area contributed by atoms with Crippen LogP contribution in [0.5, 0.6) is 0 Å². The molecule has 0 spiro atoms. The highest BCUT2D eigenvalue weighted by atomic mass is 127. The van der Waals surface area contributed by atoms with Crippen molar-refractivity contribution in [2.45, 2.75) is 73.9 Å². The van der Waals surface area contributed by atoms with E-state index >= 15 is 0 Å². The summed E-state index contributed by atoms with van der Waals surface area (Å²) >= 11 is 2.61. The zero-order chi connectivity index (χ0) is 9.80. The first-order valence-electron chi connectivity index (χ1n) is 6.16. The standard InChI is InChI=1S/C12H21IO/c13-11-8-3-1-2-4-9-12(11)14-10-6-5-7-10/h10-12H,1-9H2. The fraction of sp³-hybridized carbons (Fsp3) is 1.00. The maximum absolute atomic E-state index is 6.17. The summed E-state index contributed by atoms with van der Waals surface area (Å²) in [5.41, 5.74) is 0. The summed E-state index contributed by atoms with van der Waals surface area (Å²) in [6, 6.07) is 0. The molecule has 2 fully saturated rings. The van der Waals surface area contributed by atoms with Gasteiger partial charge >= 0.3 is 0 Å². The lowest BCUT2D eigenvalue weighted by Crippen LogP contribution is -2.33. The molecule has 0 aromatic rings. The second-order valence-corrected chi connectivity index (χ2v) is 6.33. The summed E-state index contributed by atoms with van der Waals surface area (Å²) < 4.78 is 6.94. The summed E-state index contributed by atoms with van der Waals surface area (Å²) in [4.78, 5) is 0. The van der Waals surface area contributed by atoms with Crippen LogP contribution >= 0.6 is 22.6 Å². The van der Waals surface area contributed by atoms with Crippen LogP contribution in [0.4, 0.5) is 0 Å². The lowest BCUT2D eigenvalue weighted by Gasteiger charge is -2.33. The highest BCUT2D eigenvalue weighted by Crippen LogP contribution is 2.31. The van der Waals surface area contributed by atoms with Gasteiger partial charge in [0.05, 0.1) is 12.2 Å². The van der Waals surface area contributed by atoms with E-state index in [2.05, 4.69) is 22.6 Å². The Kier molecular flexibility index (Phi) is 4.54. The molecule has 0 saturated heterocycles.